The van der Waals surface area contributed by atoms with E-state index in [1.807, 2.05) is 27.7 Å². The van der Waals surface area contributed by atoms with Crippen molar-refractivity contribution in [1.29, 1.82) is 0 Å². The third kappa shape index (κ3) is 43.6. The van der Waals surface area contributed by atoms with Crippen molar-refractivity contribution in [1.82, 2.24) is 19.5 Å². The van der Waals surface area contributed by atoms with Crippen LogP contribution in [0.3, 0.4) is 0 Å². The van der Waals surface area contributed by atoms with E-state index in [-0.39, 0.29) is 39.0 Å². The first-order valence-corrected chi connectivity index (χ1v) is 22.4. The molecule has 6 N–H and O–H groups in total. The molecule has 330 valence electrons. The number of carboxylic acids is 4. The molecular weight excluding hydrogens is 1020 g/mol. The number of alkyl halides is 4. The number of carboxylic acid groups (broad SMARTS) is 4. The Labute approximate surface area is 367 Å². The van der Waals surface area contributed by atoms with Gasteiger partial charge >= 0.3 is 39.2 Å². The topological polar surface area (TPSA) is 232 Å². The third-order valence-electron chi connectivity index (χ3n) is 5.77. The molecular formula is C30H62Cl4N4O12P2Rh2. The van der Waals surface area contributed by atoms with Crippen molar-refractivity contribution in [3.05, 3.63) is 0 Å². The summed E-state index contributed by atoms with van der Waals surface area (Å²) in [6.07, 6.45) is 5.87. The molecule has 16 nitrogen and oxygen atoms in total. The molecule has 0 saturated carbocycles. The van der Waals surface area contributed by atoms with Gasteiger partial charge in [-0.25, -0.2) is 19.5 Å². The minimum Gasteiger partial charge on any atom is -0.481 e. The molecule has 2 heterocycles. The maximum Gasteiger partial charge on any atom is 0.343 e. The number of halogens is 4. The molecule has 2 saturated heterocycles. The molecule has 0 amide bonds. The number of carbonyl (C=O) groups is 4. The normalized spacial score (nSPS) is 18.3. The van der Waals surface area contributed by atoms with E-state index in [4.69, 9.17) is 75.9 Å². The van der Waals surface area contributed by atoms with Crippen molar-refractivity contribution in [2.24, 2.45) is 0 Å². The zero-order chi connectivity index (χ0) is 40.8. The maximum absolute atomic E-state index is 12.2. The largest absolute Gasteiger partial charge is 0.481 e. The number of nitrogens with zero attached hydrogens (tertiary/aromatic N) is 2. The van der Waals surface area contributed by atoms with Gasteiger partial charge < -0.3 is 29.5 Å². The van der Waals surface area contributed by atoms with Crippen LogP contribution in [0.1, 0.15) is 91.9 Å². The van der Waals surface area contributed by atoms with Gasteiger partial charge in [-0.05, 0) is 38.5 Å². The van der Waals surface area contributed by atoms with E-state index >= 15 is 0 Å². The standard InChI is InChI=1S/2C7H15Cl2N2O2P.4C4H8O2.2Rh/c2*8-2-5-11(6-3-9)14(12)10-4-1-7-13-14;4*1-2-3-4(5)6;;/h2*1-7H2,(H,10,12);4*2-3H2,1H3,(H,5,6);;. The van der Waals surface area contributed by atoms with Crippen LogP contribution in [0.15, 0.2) is 0 Å². The summed E-state index contributed by atoms with van der Waals surface area (Å²) >= 11 is 22.5. The van der Waals surface area contributed by atoms with Gasteiger partial charge in [0, 0.05) is 127 Å². The monoisotopic (exact) mass is 1080 g/mol. The molecule has 2 rings (SSSR count). The molecule has 2 aliphatic rings. The van der Waals surface area contributed by atoms with Crippen LogP contribution in [-0.2, 0) is 76.3 Å². The molecule has 24 heteroatoms. The van der Waals surface area contributed by atoms with Crippen LogP contribution in [-0.4, -0.2) is 130 Å². The molecule has 2 aliphatic heterocycles. The second-order valence-electron chi connectivity index (χ2n) is 10.5. The molecule has 2 radical (unpaired) electrons. The first-order valence-electron chi connectivity index (χ1n) is 17.1. The Hall–Kier alpha value is 0.507. The number of hydrogen-bond acceptors (Lipinski definition) is 8. The summed E-state index contributed by atoms with van der Waals surface area (Å²) in [6, 6.07) is 0. The van der Waals surface area contributed by atoms with E-state index in [0.29, 0.717) is 88.6 Å². The van der Waals surface area contributed by atoms with Crippen molar-refractivity contribution in [2.75, 3.05) is 76.0 Å². The van der Waals surface area contributed by atoms with E-state index < -0.39 is 39.2 Å². The smallest absolute Gasteiger partial charge is 0.343 e. The Morgan fingerprint density at radius 3 is 0.870 bits per heavy atom. The Kier molecular flexibility index (Phi) is 56.7. The van der Waals surface area contributed by atoms with Gasteiger partial charge in [-0.2, -0.15) is 0 Å². The number of rotatable bonds is 18. The zero-order valence-electron chi connectivity index (χ0n) is 31.6. The molecule has 54 heavy (non-hydrogen) atoms. The summed E-state index contributed by atoms with van der Waals surface area (Å²) in [4.78, 5) is 38.4. The van der Waals surface area contributed by atoms with Crippen LogP contribution in [0.25, 0.3) is 0 Å². The number of hydrogen-bond donors (Lipinski definition) is 6. The van der Waals surface area contributed by atoms with Crippen LogP contribution < -0.4 is 10.2 Å². The van der Waals surface area contributed by atoms with Gasteiger partial charge in [0.1, 0.15) is 0 Å². The Bertz CT molecular complexity index is 882. The van der Waals surface area contributed by atoms with Crippen LogP contribution in [0, 0.1) is 0 Å². The van der Waals surface area contributed by atoms with E-state index in [1.54, 1.807) is 9.34 Å². The maximum atomic E-state index is 12.2. The second kappa shape index (κ2) is 46.2. The SMILES string of the molecule is CCCC(=O)O.CCCC(=O)O.CCCC(=O)O.CCCC(=O)O.O=P1(N(CCCl)CCCl)NCCCO1.O=P1(N(CCCl)CCCl)NCCCO1.[Rh].[Rh]. The van der Waals surface area contributed by atoms with Gasteiger partial charge in [0.15, 0.2) is 0 Å². The van der Waals surface area contributed by atoms with Crippen molar-refractivity contribution >= 4 is 85.6 Å². The Balaban J connectivity index is -0.000000134. The minimum absolute atomic E-state index is 0. The van der Waals surface area contributed by atoms with E-state index in [0.717, 1.165) is 51.6 Å². The van der Waals surface area contributed by atoms with Gasteiger partial charge in [0.2, 0.25) is 0 Å². The summed E-state index contributed by atoms with van der Waals surface area (Å²) in [5.41, 5.74) is 0. The van der Waals surface area contributed by atoms with Gasteiger partial charge in [-0.3, -0.25) is 28.3 Å². The minimum atomic E-state index is -2.84. The second-order valence-corrected chi connectivity index (χ2v) is 16.3. The Morgan fingerprint density at radius 2 is 0.759 bits per heavy atom. The van der Waals surface area contributed by atoms with Crippen molar-refractivity contribution < 1.29 is 96.7 Å². The van der Waals surface area contributed by atoms with Gasteiger partial charge in [0.25, 0.3) is 0 Å². The van der Waals surface area contributed by atoms with E-state index in [1.165, 1.54) is 0 Å². The van der Waals surface area contributed by atoms with Crippen molar-refractivity contribution in [3.8, 4) is 0 Å². The molecule has 0 aromatic rings. The Morgan fingerprint density at radius 1 is 0.537 bits per heavy atom. The predicted molar refractivity (Wildman–Crippen MR) is 209 cm³/mol. The first-order chi connectivity index (χ1) is 24.5. The molecule has 0 aliphatic carbocycles. The van der Waals surface area contributed by atoms with Crippen LogP contribution in [0.5, 0.6) is 0 Å². The average Bonchev–Trinajstić information content (AvgIpc) is 3.06. The summed E-state index contributed by atoms with van der Waals surface area (Å²) in [7, 11) is -5.68. The molecule has 2 fully saturated rings. The van der Waals surface area contributed by atoms with Crippen LogP contribution >= 0.6 is 61.7 Å². The first kappa shape index (κ1) is 66.3. The van der Waals surface area contributed by atoms with Gasteiger partial charge in [-0.15, -0.1) is 46.4 Å². The van der Waals surface area contributed by atoms with Crippen molar-refractivity contribution in [2.45, 2.75) is 91.9 Å². The number of aliphatic carboxylic acids is 4. The fourth-order valence-electron chi connectivity index (χ4n) is 3.41. The fraction of sp³-hybridized carbons (Fsp3) is 0.867. The summed E-state index contributed by atoms with van der Waals surface area (Å²) < 4.78 is 38.3. The molecule has 0 aromatic heterocycles. The fourth-order valence-corrected chi connectivity index (χ4v) is 8.70. The van der Waals surface area contributed by atoms with Crippen LogP contribution in [0.4, 0.5) is 0 Å². The molecule has 0 aromatic carbocycles. The zero-order valence-corrected chi connectivity index (χ0v) is 39.7. The summed E-state index contributed by atoms with van der Waals surface area (Å²) in [5.74, 6) is -1.15. The molecule has 0 bridgehead atoms. The predicted octanol–water partition coefficient (Wildman–Crippen LogP) is 7.25. The van der Waals surface area contributed by atoms with Crippen LogP contribution in [0.2, 0.25) is 0 Å². The third-order valence-corrected chi connectivity index (χ3v) is 11.0. The molecule has 2 unspecified atom stereocenters. The molecule has 0 spiro atoms. The quantitative estimate of drug-likeness (QED) is 0.0451. The van der Waals surface area contributed by atoms with E-state index in [9.17, 15) is 28.3 Å². The number of nitrogens with one attached hydrogen (secondary N) is 2. The van der Waals surface area contributed by atoms with Gasteiger partial charge in [0.05, 0.1) is 13.2 Å². The van der Waals surface area contributed by atoms with Crippen molar-refractivity contribution in [3.63, 3.8) is 0 Å². The van der Waals surface area contributed by atoms with E-state index in [2.05, 4.69) is 10.2 Å². The summed E-state index contributed by atoms with van der Waals surface area (Å²) in [5, 5.41) is 37.5. The average molecular weight is 1080 g/mol. The molecule has 2 atom stereocenters. The summed E-state index contributed by atoms with van der Waals surface area (Å²) in [6.45, 7) is 12.0. The van der Waals surface area contributed by atoms with Gasteiger partial charge in [-0.1, -0.05) is 27.7 Å².